The first kappa shape index (κ1) is 13.9. The van der Waals surface area contributed by atoms with Gasteiger partial charge in [-0.1, -0.05) is 13.8 Å². The first-order valence-corrected chi connectivity index (χ1v) is 5.60. The quantitative estimate of drug-likeness (QED) is 0.683. The SMILES string of the molecule is CCC(CC)(Nc1ccc(C(N)=O)nn1)C(=O)O. The number of carboxylic acids is 1. The smallest absolute Gasteiger partial charge is 0.329 e. The van der Waals surface area contributed by atoms with E-state index in [0.717, 1.165) is 0 Å². The molecule has 1 heterocycles. The van der Waals surface area contributed by atoms with E-state index in [1.807, 2.05) is 0 Å². The summed E-state index contributed by atoms with van der Waals surface area (Å²) in [5.74, 6) is -1.33. The van der Waals surface area contributed by atoms with Crippen molar-refractivity contribution >= 4 is 17.7 Å². The van der Waals surface area contributed by atoms with Crippen LogP contribution in [0.3, 0.4) is 0 Å². The molecule has 98 valence electrons. The minimum atomic E-state index is -1.08. The van der Waals surface area contributed by atoms with Gasteiger partial charge >= 0.3 is 5.97 Å². The summed E-state index contributed by atoms with van der Waals surface area (Å²) < 4.78 is 0. The van der Waals surface area contributed by atoms with Crippen LogP contribution in [0.1, 0.15) is 37.2 Å². The van der Waals surface area contributed by atoms with Gasteiger partial charge in [-0.2, -0.15) is 0 Å². The number of anilines is 1. The second kappa shape index (κ2) is 5.44. The largest absolute Gasteiger partial charge is 0.480 e. The number of aliphatic carboxylic acids is 1. The molecule has 7 heteroatoms. The number of nitrogens with zero attached hydrogens (tertiary/aromatic N) is 2. The molecule has 1 rings (SSSR count). The second-order valence-corrected chi connectivity index (χ2v) is 3.89. The Labute approximate surface area is 104 Å². The Kier molecular flexibility index (Phi) is 4.19. The fourth-order valence-corrected chi connectivity index (χ4v) is 1.56. The molecule has 0 spiro atoms. The maximum Gasteiger partial charge on any atom is 0.329 e. The molecule has 0 aliphatic carbocycles. The lowest BCUT2D eigenvalue weighted by Gasteiger charge is -2.28. The molecule has 7 nitrogen and oxygen atoms in total. The molecule has 0 aromatic carbocycles. The Morgan fingerprint density at radius 1 is 1.33 bits per heavy atom. The third-order valence-electron chi connectivity index (χ3n) is 2.90. The van der Waals surface area contributed by atoms with Gasteiger partial charge in [0.2, 0.25) is 0 Å². The summed E-state index contributed by atoms with van der Waals surface area (Å²) in [6.45, 7) is 3.55. The van der Waals surface area contributed by atoms with Crippen molar-refractivity contribution in [3.05, 3.63) is 17.8 Å². The molecule has 0 aliphatic rings. The molecule has 0 saturated carbocycles. The van der Waals surface area contributed by atoms with E-state index in [1.165, 1.54) is 12.1 Å². The van der Waals surface area contributed by atoms with Gasteiger partial charge in [-0.3, -0.25) is 4.79 Å². The van der Waals surface area contributed by atoms with E-state index in [2.05, 4.69) is 15.5 Å². The third-order valence-corrected chi connectivity index (χ3v) is 2.90. The number of rotatable bonds is 6. The van der Waals surface area contributed by atoms with Gasteiger partial charge in [-0.25, -0.2) is 4.79 Å². The number of nitrogens with one attached hydrogen (secondary N) is 1. The topological polar surface area (TPSA) is 118 Å². The number of carbonyl (C=O) groups is 2. The number of amides is 1. The van der Waals surface area contributed by atoms with Gasteiger partial charge in [0.1, 0.15) is 11.4 Å². The average Bonchev–Trinajstić information content (AvgIpc) is 2.36. The molecule has 0 fully saturated rings. The number of hydrogen-bond donors (Lipinski definition) is 3. The van der Waals surface area contributed by atoms with Gasteiger partial charge in [-0.15, -0.1) is 10.2 Å². The Balaban J connectivity index is 2.95. The Morgan fingerprint density at radius 3 is 2.28 bits per heavy atom. The summed E-state index contributed by atoms with van der Waals surface area (Å²) in [4.78, 5) is 22.1. The fraction of sp³-hybridized carbons (Fsp3) is 0.455. The van der Waals surface area contributed by atoms with Crippen LogP contribution in [0.2, 0.25) is 0 Å². The number of carbonyl (C=O) groups excluding carboxylic acids is 1. The van der Waals surface area contributed by atoms with Crippen LogP contribution in [0.5, 0.6) is 0 Å². The van der Waals surface area contributed by atoms with E-state index in [4.69, 9.17) is 5.73 Å². The molecule has 1 aromatic rings. The van der Waals surface area contributed by atoms with Gasteiger partial charge in [0.15, 0.2) is 5.69 Å². The predicted octanol–water partition coefficient (Wildman–Crippen LogP) is 0.631. The first-order chi connectivity index (χ1) is 8.45. The maximum absolute atomic E-state index is 11.3. The number of primary amides is 1. The molecule has 4 N–H and O–H groups in total. The van der Waals surface area contributed by atoms with Gasteiger partial charge in [0.05, 0.1) is 0 Å². The highest BCUT2D eigenvalue weighted by atomic mass is 16.4. The van der Waals surface area contributed by atoms with Gasteiger partial charge in [-0.05, 0) is 25.0 Å². The van der Waals surface area contributed by atoms with Crippen LogP contribution in [-0.2, 0) is 4.79 Å². The van der Waals surface area contributed by atoms with E-state index in [0.29, 0.717) is 18.7 Å². The Bertz CT molecular complexity index is 440. The van der Waals surface area contributed by atoms with Crippen molar-refractivity contribution in [1.82, 2.24) is 10.2 Å². The minimum absolute atomic E-state index is 0.0365. The summed E-state index contributed by atoms with van der Waals surface area (Å²) in [7, 11) is 0. The van der Waals surface area contributed by atoms with Crippen molar-refractivity contribution in [2.45, 2.75) is 32.2 Å². The lowest BCUT2D eigenvalue weighted by Crippen LogP contribution is -2.45. The maximum atomic E-state index is 11.3. The molecule has 0 saturated heterocycles. The fourth-order valence-electron chi connectivity index (χ4n) is 1.56. The molecule has 0 atom stereocenters. The summed E-state index contributed by atoms with van der Waals surface area (Å²) in [5, 5.41) is 19.4. The predicted molar refractivity (Wildman–Crippen MR) is 65.1 cm³/mol. The normalized spacial score (nSPS) is 11.0. The van der Waals surface area contributed by atoms with Crippen LogP contribution < -0.4 is 11.1 Å². The molecule has 18 heavy (non-hydrogen) atoms. The van der Waals surface area contributed by atoms with E-state index in [9.17, 15) is 14.7 Å². The van der Waals surface area contributed by atoms with Crippen LogP contribution in [0.4, 0.5) is 5.82 Å². The van der Waals surface area contributed by atoms with E-state index in [-0.39, 0.29) is 5.69 Å². The average molecular weight is 252 g/mol. The molecule has 0 aliphatic heterocycles. The zero-order valence-electron chi connectivity index (χ0n) is 10.3. The highest BCUT2D eigenvalue weighted by molar-refractivity contribution is 5.90. The van der Waals surface area contributed by atoms with Crippen molar-refractivity contribution < 1.29 is 14.7 Å². The van der Waals surface area contributed by atoms with Crippen molar-refractivity contribution in [3.8, 4) is 0 Å². The van der Waals surface area contributed by atoms with Crippen molar-refractivity contribution in [2.75, 3.05) is 5.32 Å². The van der Waals surface area contributed by atoms with Gasteiger partial charge in [0.25, 0.3) is 5.91 Å². The molecular weight excluding hydrogens is 236 g/mol. The summed E-state index contributed by atoms with van der Waals surface area (Å²) in [5.41, 5.74) is 3.99. The Hall–Kier alpha value is -2.18. The van der Waals surface area contributed by atoms with Crippen LogP contribution >= 0.6 is 0 Å². The monoisotopic (exact) mass is 252 g/mol. The molecule has 1 aromatic heterocycles. The van der Waals surface area contributed by atoms with Gasteiger partial charge in [0, 0.05) is 0 Å². The highest BCUT2D eigenvalue weighted by Gasteiger charge is 2.35. The Morgan fingerprint density at radius 2 is 1.94 bits per heavy atom. The molecule has 0 unspecified atom stereocenters. The van der Waals surface area contributed by atoms with Crippen LogP contribution in [0, 0.1) is 0 Å². The summed E-state index contributed by atoms with van der Waals surface area (Å²) >= 11 is 0. The van der Waals surface area contributed by atoms with Crippen molar-refractivity contribution in [1.29, 1.82) is 0 Å². The van der Waals surface area contributed by atoms with Crippen molar-refractivity contribution in [2.24, 2.45) is 5.73 Å². The number of carboxylic acid groups (broad SMARTS) is 1. The van der Waals surface area contributed by atoms with Crippen LogP contribution in [0.25, 0.3) is 0 Å². The molecule has 0 bridgehead atoms. The first-order valence-electron chi connectivity index (χ1n) is 5.60. The standard InChI is InChI=1S/C11H16N4O3/c1-3-11(4-2,10(17)18)13-8-6-5-7(9(12)16)14-15-8/h5-6H,3-4H2,1-2H3,(H2,12,16)(H,13,15)(H,17,18). The molecule has 1 amide bonds. The number of aromatic nitrogens is 2. The van der Waals surface area contributed by atoms with Crippen molar-refractivity contribution in [3.63, 3.8) is 0 Å². The summed E-state index contributed by atoms with van der Waals surface area (Å²) in [6, 6.07) is 2.88. The third kappa shape index (κ3) is 2.73. The molecular formula is C11H16N4O3. The second-order valence-electron chi connectivity index (χ2n) is 3.89. The minimum Gasteiger partial charge on any atom is -0.480 e. The zero-order chi connectivity index (χ0) is 13.8. The number of nitrogens with two attached hydrogens (primary N) is 1. The lowest BCUT2D eigenvalue weighted by atomic mass is 9.93. The van der Waals surface area contributed by atoms with E-state index < -0.39 is 17.4 Å². The van der Waals surface area contributed by atoms with Crippen LogP contribution in [0.15, 0.2) is 12.1 Å². The van der Waals surface area contributed by atoms with E-state index >= 15 is 0 Å². The van der Waals surface area contributed by atoms with Gasteiger partial charge < -0.3 is 16.2 Å². The van der Waals surface area contributed by atoms with E-state index in [1.54, 1.807) is 13.8 Å². The molecule has 0 radical (unpaired) electrons. The summed E-state index contributed by atoms with van der Waals surface area (Å²) in [6.07, 6.45) is 0.802. The highest BCUT2D eigenvalue weighted by Crippen LogP contribution is 2.21. The number of hydrogen-bond acceptors (Lipinski definition) is 5. The zero-order valence-corrected chi connectivity index (χ0v) is 10.3. The van der Waals surface area contributed by atoms with Crippen LogP contribution in [-0.4, -0.2) is 32.7 Å². The lowest BCUT2D eigenvalue weighted by molar-refractivity contribution is -0.142.